The first-order valence-corrected chi connectivity index (χ1v) is 8.04. The highest BCUT2D eigenvalue weighted by Gasteiger charge is 2.31. The van der Waals surface area contributed by atoms with Crippen LogP contribution in [0, 0.1) is 6.92 Å². The summed E-state index contributed by atoms with van der Waals surface area (Å²) in [5.74, 6) is 0.621. The quantitative estimate of drug-likeness (QED) is 0.866. The Hall–Kier alpha value is -1.88. The van der Waals surface area contributed by atoms with E-state index < -0.39 is 0 Å². The van der Waals surface area contributed by atoms with E-state index in [2.05, 4.69) is 18.0 Å². The first kappa shape index (κ1) is 15.0. The molecule has 1 unspecified atom stereocenters. The number of esters is 1. The Morgan fingerprint density at radius 2 is 2.09 bits per heavy atom. The number of aromatic amines is 1. The molecule has 0 bridgehead atoms. The lowest BCUT2D eigenvalue weighted by Crippen LogP contribution is -2.05. The summed E-state index contributed by atoms with van der Waals surface area (Å²) in [5, 5.41) is 1.39. The van der Waals surface area contributed by atoms with Gasteiger partial charge in [0.2, 0.25) is 0 Å². The summed E-state index contributed by atoms with van der Waals surface area (Å²) in [4.78, 5) is 16.3. The average molecular weight is 317 g/mol. The van der Waals surface area contributed by atoms with Crippen molar-refractivity contribution in [3.05, 3.63) is 39.9 Å². The van der Waals surface area contributed by atoms with Gasteiger partial charge in [0.1, 0.15) is 5.75 Å². The number of hydrogen-bond donors (Lipinski definition) is 1. The van der Waals surface area contributed by atoms with Crippen LogP contribution in [0.1, 0.15) is 29.9 Å². The van der Waals surface area contributed by atoms with Gasteiger partial charge in [0.25, 0.3) is 0 Å². The first-order valence-electron chi connectivity index (χ1n) is 7.16. The van der Waals surface area contributed by atoms with Crippen LogP contribution in [0.2, 0.25) is 0 Å². The van der Waals surface area contributed by atoms with Crippen molar-refractivity contribution in [2.24, 2.45) is 0 Å². The number of hydrogen-bond acceptors (Lipinski definition) is 4. The standard InChI is InChI=1S/C17H19NO3S/c1-9-16(13-7-11(20-3)5-6-14(13)18-9)15-8-12(10(2)22-15)17(19)21-4/h5-7,15,18H,8H2,1-4H3. The van der Waals surface area contributed by atoms with Crippen LogP contribution in [0.4, 0.5) is 0 Å². The van der Waals surface area contributed by atoms with E-state index in [0.29, 0.717) is 6.42 Å². The molecule has 2 heterocycles. The van der Waals surface area contributed by atoms with Crippen molar-refractivity contribution in [1.82, 2.24) is 4.98 Å². The van der Waals surface area contributed by atoms with Crippen LogP contribution in [-0.2, 0) is 9.53 Å². The summed E-state index contributed by atoms with van der Waals surface area (Å²) < 4.78 is 10.2. The second-order valence-electron chi connectivity index (χ2n) is 5.41. The highest BCUT2D eigenvalue weighted by Crippen LogP contribution is 2.50. The van der Waals surface area contributed by atoms with Crippen molar-refractivity contribution >= 4 is 28.6 Å². The van der Waals surface area contributed by atoms with E-state index in [1.54, 1.807) is 18.9 Å². The molecule has 1 aromatic carbocycles. The molecule has 0 fully saturated rings. The molecule has 0 aliphatic carbocycles. The normalized spacial score (nSPS) is 18.1. The number of methoxy groups -OCH3 is 2. The number of benzene rings is 1. The van der Waals surface area contributed by atoms with Crippen LogP contribution in [0.15, 0.2) is 28.7 Å². The molecule has 5 heteroatoms. The predicted molar refractivity (Wildman–Crippen MR) is 89.3 cm³/mol. The lowest BCUT2D eigenvalue weighted by molar-refractivity contribution is -0.136. The molecule has 1 aliphatic rings. The van der Waals surface area contributed by atoms with E-state index in [9.17, 15) is 4.79 Å². The number of rotatable bonds is 3. The minimum atomic E-state index is -0.220. The zero-order chi connectivity index (χ0) is 15.9. The molecule has 22 heavy (non-hydrogen) atoms. The molecular formula is C17H19NO3S. The van der Waals surface area contributed by atoms with Crippen LogP contribution in [0.25, 0.3) is 10.9 Å². The van der Waals surface area contributed by atoms with Gasteiger partial charge in [-0.15, -0.1) is 11.8 Å². The number of aromatic nitrogens is 1. The molecule has 3 rings (SSSR count). The smallest absolute Gasteiger partial charge is 0.334 e. The molecule has 0 saturated heterocycles. The molecule has 1 aromatic heterocycles. The minimum Gasteiger partial charge on any atom is -0.497 e. The van der Waals surface area contributed by atoms with E-state index in [0.717, 1.165) is 32.8 Å². The van der Waals surface area contributed by atoms with Gasteiger partial charge >= 0.3 is 5.97 Å². The Morgan fingerprint density at radius 1 is 1.32 bits per heavy atom. The Balaban J connectivity index is 2.01. The summed E-state index contributed by atoms with van der Waals surface area (Å²) in [5.41, 5.74) is 4.27. The molecule has 1 aliphatic heterocycles. The molecular weight excluding hydrogens is 298 g/mol. The third kappa shape index (κ3) is 2.39. The number of allylic oxidation sites excluding steroid dienone is 1. The number of fused-ring (bicyclic) bond motifs is 1. The fourth-order valence-corrected chi connectivity index (χ4v) is 4.44. The van der Waals surface area contributed by atoms with Crippen LogP contribution in [-0.4, -0.2) is 25.2 Å². The van der Waals surface area contributed by atoms with Crippen LogP contribution in [0.5, 0.6) is 5.75 Å². The first-order chi connectivity index (χ1) is 10.5. The molecule has 0 radical (unpaired) electrons. The van der Waals surface area contributed by atoms with Crippen molar-refractivity contribution in [2.45, 2.75) is 25.5 Å². The maximum absolute atomic E-state index is 11.9. The highest BCUT2D eigenvalue weighted by molar-refractivity contribution is 8.03. The summed E-state index contributed by atoms with van der Waals surface area (Å²) in [6.45, 7) is 4.06. The van der Waals surface area contributed by atoms with Gasteiger partial charge in [-0.1, -0.05) is 0 Å². The average Bonchev–Trinajstić information content (AvgIpc) is 3.04. The number of carbonyl (C=O) groups excluding carboxylic acids is 1. The van der Waals surface area contributed by atoms with Crippen molar-refractivity contribution < 1.29 is 14.3 Å². The number of H-pyrrole nitrogens is 1. The Labute approximate surface area is 133 Å². The zero-order valence-corrected chi connectivity index (χ0v) is 14.0. The summed E-state index contributed by atoms with van der Waals surface area (Å²) in [6, 6.07) is 6.04. The highest BCUT2D eigenvalue weighted by atomic mass is 32.2. The fraction of sp³-hybridized carbons (Fsp3) is 0.353. The van der Waals surface area contributed by atoms with E-state index in [-0.39, 0.29) is 11.2 Å². The molecule has 2 aromatic rings. The SMILES string of the molecule is COC(=O)C1=C(C)SC(c2c(C)[nH]c3ccc(OC)cc23)C1. The number of thioether (sulfide) groups is 1. The minimum absolute atomic E-state index is 0.220. The molecule has 0 spiro atoms. The lowest BCUT2D eigenvalue weighted by atomic mass is 10.0. The topological polar surface area (TPSA) is 51.3 Å². The second-order valence-corrected chi connectivity index (χ2v) is 6.83. The summed E-state index contributed by atoms with van der Waals surface area (Å²) in [7, 11) is 3.11. The van der Waals surface area contributed by atoms with Crippen molar-refractivity contribution in [3.8, 4) is 5.75 Å². The molecule has 116 valence electrons. The van der Waals surface area contributed by atoms with Crippen molar-refractivity contribution in [2.75, 3.05) is 14.2 Å². The van der Waals surface area contributed by atoms with Gasteiger partial charge in [-0.2, -0.15) is 0 Å². The zero-order valence-electron chi connectivity index (χ0n) is 13.1. The fourth-order valence-electron chi connectivity index (χ4n) is 3.03. The molecule has 0 saturated carbocycles. The van der Waals surface area contributed by atoms with Crippen LogP contribution >= 0.6 is 11.8 Å². The van der Waals surface area contributed by atoms with Crippen molar-refractivity contribution in [1.29, 1.82) is 0 Å². The number of nitrogens with one attached hydrogen (secondary N) is 1. The van der Waals surface area contributed by atoms with E-state index in [1.807, 2.05) is 19.1 Å². The largest absolute Gasteiger partial charge is 0.497 e. The van der Waals surface area contributed by atoms with E-state index in [4.69, 9.17) is 9.47 Å². The molecule has 1 atom stereocenters. The monoisotopic (exact) mass is 317 g/mol. The summed E-state index contributed by atoms with van der Waals surface area (Å²) >= 11 is 1.74. The van der Waals surface area contributed by atoms with Gasteiger partial charge < -0.3 is 14.5 Å². The van der Waals surface area contributed by atoms with Crippen LogP contribution in [0.3, 0.4) is 0 Å². The maximum atomic E-state index is 11.9. The Morgan fingerprint density at radius 3 is 2.77 bits per heavy atom. The number of carbonyl (C=O) groups is 1. The van der Waals surface area contributed by atoms with Crippen molar-refractivity contribution in [3.63, 3.8) is 0 Å². The number of aryl methyl sites for hydroxylation is 1. The molecule has 0 amide bonds. The van der Waals surface area contributed by atoms with E-state index >= 15 is 0 Å². The van der Waals surface area contributed by atoms with Crippen LogP contribution < -0.4 is 4.74 Å². The predicted octanol–water partition coefficient (Wildman–Crippen LogP) is 4.11. The second kappa shape index (κ2) is 5.72. The van der Waals surface area contributed by atoms with Gasteiger partial charge in [0.15, 0.2) is 0 Å². The Bertz CT molecular complexity index is 776. The molecule has 1 N–H and O–H groups in total. The van der Waals surface area contributed by atoms with Gasteiger partial charge in [-0.25, -0.2) is 4.79 Å². The van der Waals surface area contributed by atoms with Gasteiger partial charge in [-0.3, -0.25) is 0 Å². The van der Waals surface area contributed by atoms with E-state index in [1.165, 1.54) is 12.7 Å². The number of ether oxygens (including phenoxy) is 2. The van der Waals surface area contributed by atoms with Gasteiger partial charge in [-0.05, 0) is 48.9 Å². The van der Waals surface area contributed by atoms with Gasteiger partial charge in [0, 0.05) is 27.4 Å². The maximum Gasteiger partial charge on any atom is 0.334 e. The summed E-state index contributed by atoms with van der Waals surface area (Å²) in [6.07, 6.45) is 0.703. The van der Waals surface area contributed by atoms with Gasteiger partial charge in [0.05, 0.1) is 14.2 Å². The lowest BCUT2D eigenvalue weighted by Gasteiger charge is -2.11. The third-order valence-corrected chi connectivity index (χ3v) is 5.42. The Kier molecular flexibility index (Phi) is 3.91. The third-order valence-electron chi connectivity index (χ3n) is 4.13. The molecule has 4 nitrogen and oxygen atoms in total.